The fourth-order valence-corrected chi connectivity index (χ4v) is 1.48. The van der Waals surface area contributed by atoms with Crippen molar-refractivity contribution in [3.05, 3.63) is 29.6 Å². The number of aliphatic carboxylic acids is 1. The van der Waals surface area contributed by atoms with Crippen LogP contribution >= 0.6 is 0 Å². The molecule has 1 heterocycles. The normalized spacial score (nSPS) is 10.0. The van der Waals surface area contributed by atoms with Gasteiger partial charge >= 0.3 is 5.97 Å². The molecule has 0 fully saturated rings. The average molecular weight is 236 g/mol. The smallest absolute Gasteiger partial charge is 0.303 e. The maximum atomic E-state index is 12.0. The third-order valence-electron chi connectivity index (χ3n) is 2.47. The summed E-state index contributed by atoms with van der Waals surface area (Å²) >= 11 is 0. The van der Waals surface area contributed by atoms with E-state index in [0.29, 0.717) is 24.2 Å². The maximum absolute atomic E-state index is 12.0. The monoisotopic (exact) mass is 236 g/mol. The third kappa shape index (κ3) is 3.86. The van der Waals surface area contributed by atoms with Gasteiger partial charge in [0.1, 0.15) is 0 Å². The largest absolute Gasteiger partial charge is 0.481 e. The SMILES string of the molecule is Cc1ncccc1C(=O)N(C)CCCC(=O)O. The van der Waals surface area contributed by atoms with Gasteiger partial charge in [-0.2, -0.15) is 0 Å². The zero-order valence-corrected chi connectivity index (χ0v) is 10.0. The Morgan fingerprint density at radius 3 is 2.76 bits per heavy atom. The summed E-state index contributed by atoms with van der Waals surface area (Å²) in [5.74, 6) is -0.968. The van der Waals surface area contributed by atoms with Crippen LogP contribution in [0, 0.1) is 6.92 Å². The van der Waals surface area contributed by atoms with Crippen LogP contribution in [-0.2, 0) is 4.79 Å². The molecule has 0 radical (unpaired) electrons. The molecule has 0 bridgehead atoms. The first-order chi connectivity index (χ1) is 8.02. The highest BCUT2D eigenvalue weighted by atomic mass is 16.4. The van der Waals surface area contributed by atoms with Gasteiger partial charge in [0.05, 0.1) is 5.56 Å². The van der Waals surface area contributed by atoms with Gasteiger partial charge in [-0.05, 0) is 25.5 Å². The molecule has 0 aliphatic heterocycles. The quantitative estimate of drug-likeness (QED) is 0.837. The molecule has 0 saturated heterocycles. The lowest BCUT2D eigenvalue weighted by atomic mass is 10.2. The van der Waals surface area contributed by atoms with E-state index in [2.05, 4.69) is 4.98 Å². The van der Waals surface area contributed by atoms with Crippen molar-refractivity contribution >= 4 is 11.9 Å². The third-order valence-corrected chi connectivity index (χ3v) is 2.47. The first-order valence-corrected chi connectivity index (χ1v) is 5.41. The van der Waals surface area contributed by atoms with E-state index in [0.717, 1.165) is 0 Å². The van der Waals surface area contributed by atoms with Crippen molar-refractivity contribution in [3.63, 3.8) is 0 Å². The molecule has 0 aliphatic rings. The Morgan fingerprint density at radius 2 is 2.18 bits per heavy atom. The van der Waals surface area contributed by atoms with Gasteiger partial charge in [-0.15, -0.1) is 0 Å². The van der Waals surface area contributed by atoms with Crippen molar-refractivity contribution in [1.29, 1.82) is 0 Å². The van der Waals surface area contributed by atoms with Crippen LogP contribution in [0.15, 0.2) is 18.3 Å². The second-order valence-corrected chi connectivity index (χ2v) is 3.86. The number of nitrogens with zero attached hydrogens (tertiary/aromatic N) is 2. The lowest BCUT2D eigenvalue weighted by Crippen LogP contribution is -2.28. The predicted molar refractivity (Wildman–Crippen MR) is 62.8 cm³/mol. The molecule has 0 atom stereocenters. The second kappa shape index (κ2) is 5.98. The van der Waals surface area contributed by atoms with E-state index >= 15 is 0 Å². The molecular formula is C12H16N2O3. The van der Waals surface area contributed by atoms with Crippen LogP contribution in [0.1, 0.15) is 28.9 Å². The Labute approximate surface area is 100 Å². The number of carbonyl (C=O) groups is 2. The highest BCUT2D eigenvalue weighted by molar-refractivity contribution is 5.95. The Balaban J connectivity index is 2.58. The lowest BCUT2D eigenvalue weighted by Gasteiger charge is -2.17. The summed E-state index contributed by atoms with van der Waals surface area (Å²) in [5.41, 5.74) is 1.24. The molecule has 1 amide bonds. The van der Waals surface area contributed by atoms with Crippen LogP contribution in [0.25, 0.3) is 0 Å². The first kappa shape index (κ1) is 13.2. The lowest BCUT2D eigenvalue weighted by molar-refractivity contribution is -0.137. The maximum Gasteiger partial charge on any atom is 0.303 e. The Hall–Kier alpha value is -1.91. The highest BCUT2D eigenvalue weighted by Crippen LogP contribution is 2.07. The van der Waals surface area contributed by atoms with Crippen LogP contribution in [0.5, 0.6) is 0 Å². The Morgan fingerprint density at radius 1 is 1.47 bits per heavy atom. The van der Waals surface area contributed by atoms with E-state index in [1.54, 1.807) is 32.3 Å². The zero-order chi connectivity index (χ0) is 12.8. The van der Waals surface area contributed by atoms with Gasteiger partial charge in [-0.1, -0.05) is 0 Å². The van der Waals surface area contributed by atoms with E-state index in [9.17, 15) is 9.59 Å². The molecule has 0 spiro atoms. The van der Waals surface area contributed by atoms with E-state index in [1.165, 1.54) is 4.90 Å². The van der Waals surface area contributed by atoms with E-state index in [4.69, 9.17) is 5.11 Å². The van der Waals surface area contributed by atoms with Crippen molar-refractivity contribution in [2.24, 2.45) is 0 Å². The molecule has 0 aliphatic carbocycles. The molecule has 5 heteroatoms. The predicted octanol–water partition coefficient (Wildman–Crippen LogP) is 1.33. The average Bonchev–Trinajstić information content (AvgIpc) is 2.28. The molecule has 1 aromatic heterocycles. The molecule has 0 saturated carbocycles. The Kier molecular flexibility index (Phi) is 4.63. The van der Waals surface area contributed by atoms with Crippen LogP contribution in [0.4, 0.5) is 0 Å². The molecule has 5 nitrogen and oxygen atoms in total. The topological polar surface area (TPSA) is 70.5 Å². The minimum absolute atomic E-state index is 0.0731. The molecule has 92 valence electrons. The molecular weight excluding hydrogens is 220 g/mol. The molecule has 1 rings (SSSR count). The minimum Gasteiger partial charge on any atom is -0.481 e. The van der Waals surface area contributed by atoms with Gasteiger partial charge in [0.25, 0.3) is 5.91 Å². The van der Waals surface area contributed by atoms with Gasteiger partial charge in [0.2, 0.25) is 0 Å². The fourth-order valence-electron chi connectivity index (χ4n) is 1.48. The number of carbonyl (C=O) groups excluding carboxylic acids is 1. The number of hydrogen-bond acceptors (Lipinski definition) is 3. The number of pyridine rings is 1. The Bertz CT molecular complexity index is 418. The fraction of sp³-hybridized carbons (Fsp3) is 0.417. The molecule has 1 N–H and O–H groups in total. The van der Waals surface area contributed by atoms with Gasteiger partial charge in [-0.3, -0.25) is 14.6 Å². The number of amides is 1. The number of carboxylic acid groups (broad SMARTS) is 1. The van der Waals surface area contributed by atoms with Crippen molar-refractivity contribution in [2.45, 2.75) is 19.8 Å². The summed E-state index contributed by atoms with van der Waals surface area (Å²) in [4.78, 5) is 27.9. The molecule has 17 heavy (non-hydrogen) atoms. The summed E-state index contributed by atoms with van der Waals surface area (Å²) < 4.78 is 0. The van der Waals surface area contributed by atoms with Gasteiger partial charge in [0.15, 0.2) is 0 Å². The van der Waals surface area contributed by atoms with Crippen molar-refractivity contribution < 1.29 is 14.7 Å². The van der Waals surface area contributed by atoms with Crippen LogP contribution in [0.2, 0.25) is 0 Å². The molecule has 0 unspecified atom stereocenters. The van der Waals surface area contributed by atoms with Gasteiger partial charge < -0.3 is 10.0 Å². The molecule has 0 aromatic carbocycles. The van der Waals surface area contributed by atoms with E-state index < -0.39 is 5.97 Å². The number of rotatable bonds is 5. The van der Waals surface area contributed by atoms with E-state index in [-0.39, 0.29) is 12.3 Å². The van der Waals surface area contributed by atoms with Gasteiger partial charge in [0, 0.05) is 31.9 Å². The van der Waals surface area contributed by atoms with Crippen LogP contribution in [0.3, 0.4) is 0 Å². The first-order valence-electron chi connectivity index (χ1n) is 5.41. The summed E-state index contributed by atoms with van der Waals surface area (Å²) in [7, 11) is 1.66. The number of aryl methyl sites for hydroxylation is 1. The van der Waals surface area contributed by atoms with Crippen molar-refractivity contribution in [3.8, 4) is 0 Å². The number of aromatic nitrogens is 1. The van der Waals surface area contributed by atoms with Crippen molar-refractivity contribution in [1.82, 2.24) is 9.88 Å². The summed E-state index contributed by atoms with van der Waals surface area (Å²) in [5, 5.41) is 8.51. The second-order valence-electron chi connectivity index (χ2n) is 3.86. The highest BCUT2D eigenvalue weighted by Gasteiger charge is 2.14. The van der Waals surface area contributed by atoms with Crippen LogP contribution in [-0.4, -0.2) is 40.5 Å². The van der Waals surface area contributed by atoms with Crippen molar-refractivity contribution in [2.75, 3.05) is 13.6 Å². The summed E-state index contributed by atoms with van der Waals surface area (Å²) in [6.45, 7) is 2.21. The standard InChI is InChI=1S/C12H16N2O3/c1-9-10(5-3-7-13-9)12(17)14(2)8-4-6-11(15)16/h3,5,7H,4,6,8H2,1-2H3,(H,15,16). The minimum atomic E-state index is -0.844. The van der Waals surface area contributed by atoms with E-state index in [1.807, 2.05) is 0 Å². The van der Waals surface area contributed by atoms with Crippen LogP contribution < -0.4 is 0 Å². The number of hydrogen-bond donors (Lipinski definition) is 1. The van der Waals surface area contributed by atoms with Gasteiger partial charge in [-0.25, -0.2) is 0 Å². The molecule has 1 aromatic rings. The summed E-state index contributed by atoms with van der Waals surface area (Å²) in [6.07, 6.45) is 2.16. The number of carboxylic acids is 1. The summed E-state index contributed by atoms with van der Waals surface area (Å²) in [6, 6.07) is 3.43. The zero-order valence-electron chi connectivity index (χ0n) is 10.0.